The van der Waals surface area contributed by atoms with Crippen molar-refractivity contribution >= 4 is 29.2 Å². The van der Waals surface area contributed by atoms with Crippen LogP contribution >= 0.6 is 11.3 Å². The molecule has 114 valence electrons. The summed E-state index contributed by atoms with van der Waals surface area (Å²) in [6.07, 6.45) is 7.56. The summed E-state index contributed by atoms with van der Waals surface area (Å²) >= 11 is 1.58. The molecule has 0 aromatic carbocycles. The van der Waals surface area contributed by atoms with Crippen molar-refractivity contribution in [1.29, 1.82) is 0 Å². The molecule has 0 aliphatic heterocycles. The monoisotopic (exact) mass is 306 g/mol. The van der Waals surface area contributed by atoms with Gasteiger partial charge < -0.3 is 10.6 Å². The standard InChI is InChI=1S/C16H22N2O2S/c1-12(10-14-8-5-9-21-14)16(20)17-11-15(19)18-13-6-3-2-4-7-13/h5,8-10,13H,2-4,6-7,11H2,1H3,(H,17,20)(H,18,19)/b12-10+. The van der Waals surface area contributed by atoms with Gasteiger partial charge in [0, 0.05) is 16.5 Å². The normalized spacial score (nSPS) is 16.5. The lowest BCUT2D eigenvalue weighted by atomic mass is 9.95. The number of rotatable bonds is 5. The summed E-state index contributed by atoms with van der Waals surface area (Å²) in [4.78, 5) is 24.8. The Kier molecular flexibility index (Phi) is 5.99. The summed E-state index contributed by atoms with van der Waals surface area (Å²) < 4.78 is 0. The van der Waals surface area contributed by atoms with Gasteiger partial charge in [0.15, 0.2) is 0 Å². The summed E-state index contributed by atoms with van der Waals surface area (Å²) in [5.74, 6) is -0.290. The zero-order valence-corrected chi connectivity index (χ0v) is 13.2. The molecule has 1 aliphatic rings. The van der Waals surface area contributed by atoms with Crippen molar-refractivity contribution in [1.82, 2.24) is 10.6 Å². The van der Waals surface area contributed by atoms with Gasteiger partial charge in [0.2, 0.25) is 11.8 Å². The highest BCUT2D eigenvalue weighted by Crippen LogP contribution is 2.17. The van der Waals surface area contributed by atoms with Crippen molar-refractivity contribution in [2.24, 2.45) is 0 Å². The van der Waals surface area contributed by atoms with Crippen LogP contribution in [0.15, 0.2) is 23.1 Å². The molecule has 2 N–H and O–H groups in total. The van der Waals surface area contributed by atoms with E-state index < -0.39 is 0 Å². The molecule has 2 amide bonds. The van der Waals surface area contributed by atoms with Crippen LogP contribution in [0.5, 0.6) is 0 Å². The second kappa shape index (κ2) is 7.98. The van der Waals surface area contributed by atoms with Crippen LogP contribution in [-0.2, 0) is 9.59 Å². The van der Waals surface area contributed by atoms with Crippen LogP contribution in [0.1, 0.15) is 43.9 Å². The van der Waals surface area contributed by atoms with Gasteiger partial charge in [-0.2, -0.15) is 0 Å². The smallest absolute Gasteiger partial charge is 0.247 e. The second-order valence-electron chi connectivity index (χ2n) is 5.43. The van der Waals surface area contributed by atoms with E-state index in [1.165, 1.54) is 19.3 Å². The van der Waals surface area contributed by atoms with Gasteiger partial charge in [-0.1, -0.05) is 25.3 Å². The zero-order valence-electron chi connectivity index (χ0n) is 12.4. The minimum absolute atomic E-state index is 0.0466. The topological polar surface area (TPSA) is 58.2 Å². The van der Waals surface area contributed by atoms with Gasteiger partial charge in [-0.25, -0.2) is 0 Å². The maximum Gasteiger partial charge on any atom is 0.247 e. The molecule has 1 aromatic heterocycles. The Hall–Kier alpha value is -1.62. The molecule has 1 aliphatic carbocycles. The molecule has 1 aromatic rings. The number of hydrogen-bond donors (Lipinski definition) is 2. The van der Waals surface area contributed by atoms with E-state index in [2.05, 4.69) is 10.6 Å². The fourth-order valence-electron chi connectivity index (χ4n) is 2.48. The summed E-state index contributed by atoms with van der Waals surface area (Å²) in [7, 11) is 0. The van der Waals surface area contributed by atoms with Crippen LogP contribution in [-0.4, -0.2) is 24.4 Å². The van der Waals surface area contributed by atoms with E-state index in [4.69, 9.17) is 0 Å². The fraction of sp³-hybridized carbons (Fsp3) is 0.500. The Morgan fingerprint density at radius 3 is 2.76 bits per heavy atom. The highest BCUT2D eigenvalue weighted by molar-refractivity contribution is 7.10. The van der Waals surface area contributed by atoms with Crippen LogP contribution in [0.3, 0.4) is 0 Å². The van der Waals surface area contributed by atoms with Gasteiger partial charge in [-0.15, -0.1) is 11.3 Å². The number of amides is 2. The van der Waals surface area contributed by atoms with Gasteiger partial charge in [0.25, 0.3) is 0 Å². The number of carbonyl (C=O) groups excluding carboxylic acids is 2. The second-order valence-corrected chi connectivity index (χ2v) is 6.41. The van der Waals surface area contributed by atoms with Gasteiger partial charge in [-0.3, -0.25) is 9.59 Å². The lowest BCUT2D eigenvalue weighted by molar-refractivity contribution is -0.124. The van der Waals surface area contributed by atoms with Crippen LogP contribution < -0.4 is 10.6 Å². The Morgan fingerprint density at radius 1 is 1.33 bits per heavy atom. The largest absolute Gasteiger partial charge is 0.352 e. The number of hydrogen-bond acceptors (Lipinski definition) is 3. The quantitative estimate of drug-likeness (QED) is 0.822. The van der Waals surface area contributed by atoms with Crippen molar-refractivity contribution in [2.75, 3.05) is 6.54 Å². The van der Waals surface area contributed by atoms with Crippen LogP contribution in [0.2, 0.25) is 0 Å². The highest BCUT2D eigenvalue weighted by atomic mass is 32.1. The van der Waals surface area contributed by atoms with Gasteiger partial charge in [-0.05, 0) is 37.3 Å². The first kappa shape index (κ1) is 15.8. The first-order valence-corrected chi connectivity index (χ1v) is 8.32. The van der Waals surface area contributed by atoms with E-state index in [0.717, 1.165) is 17.7 Å². The molecule has 0 bridgehead atoms. The molecule has 0 radical (unpaired) electrons. The predicted octanol–water partition coefficient (Wildman–Crippen LogP) is 2.72. The van der Waals surface area contributed by atoms with Crippen LogP contribution in [0.4, 0.5) is 0 Å². The Morgan fingerprint density at radius 2 is 2.10 bits per heavy atom. The van der Waals surface area contributed by atoms with E-state index in [-0.39, 0.29) is 24.4 Å². The van der Waals surface area contributed by atoms with Crippen molar-refractivity contribution in [3.05, 3.63) is 28.0 Å². The van der Waals surface area contributed by atoms with Gasteiger partial charge >= 0.3 is 0 Å². The van der Waals surface area contributed by atoms with E-state index >= 15 is 0 Å². The van der Waals surface area contributed by atoms with E-state index in [1.807, 2.05) is 23.6 Å². The first-order valence-electron chi connectivity index (χ1n) is 7.44. The molecule has 1 fully saturated rings. The minimum Gasteiger partial charge on any atom is -0.352 e. The molecule has 4 nitrogen and oxygen atoms in total. The van der Waals surface area contributed by atoms with E-state index in [9.17, 15) is 9.59 Å². The number of carbonyl (C=O) groups is 2. The third kappa shape index (κ3) is 5.34. The lowest BCUT2D eigenvalue weighted by Crippen LogP contribution is -2.42. The SMILES string of the molecule is C/C(=C\c1cccs1)C(=O)NCC(=O)NC1CCCCC1. The molecule has 0 atom stereocenters. The Bertz CT molecular complexity index is 502. The molecule has 21 heavy (non-hydrogen) atoms. The third-order valence-corrected chi connectivity index (χ3v) is 4.46. The number of thiophene rings is 1. The maximum atomic E-state index is 11.9. The third-order valence-electron chi connectivity index (χ3n) is 3.64. The Balaban J connectivity index is 1.74. The zero-order chi connectivity index (χ0) is 15.1. The van der Waals surface area contributed by atoms with Crippen LogP contribution in [0, 0.1) is 0 Å². The van der Waals surface area contributed by atoms with Crippen molar-refractivity contribution in [3.63, 3.8) is 0 Å². The van der Waals surface area contributed by atoms with E-state index in [0.29, 0.717) is 5.57 Å². The predicted molar refractivity (Wildman–Crippen MR) is 86.0 cm³/mol. The molecule has 1 heterocycles. The lowest BCUT2D eigenvalue weighted by Gasteiger charge is -2.22. The molecule has 0 spiro atoms. The van der Waals surface area contributed by atoms with Crippen molar-refractivity contribution < 1.29 is 9.59 Å². The van der Waals surface area contributed by atoms with E-state index in [1.54, 1.807) is 18.3 Å². The molecule has 5 heteroatoms. The summed E-state index contributed by atoms with van der Waals surface area (Å²) in [6.45, 7) is 1.80. The minimum atomic E-state index is -0.192. The van der Waals surface area contributed by atoms with Gasteiger partial charge in [0.05, 0.1) is 6.54 Å². The summed E-state index contributed by atoms with van der Waals surface area (Å²) in [6, 6.07) is 4.18. The summed E-state index contributed by atoms with van der Waals surface area (Å²) in [5.41, 5.74) is 0.614. The first-order chi connectivity index (χ1) is 10.1. The number of nitrogens with one attached hydrogen (secondary N) is 2. The average molecular weight is 306 g/mol. The highest BCUT2D eigenvalue weighted by Gasteiger charge is 2.16. The van der Waals surface area contributed by atoms with Crippen molar-refractivity contribution in [2.45, 2.75) is 45.1 Å². The fourth-order valence-corrected chi connectivity index (χ4v) is 3.19. The van der Waals surface area contributed by atoms with Crippen LogP contribution in [0.25, 0.3) is 6.08 Å². The molecular weight excluding hydrogens is 284 g/mol. The molecule has 0 saturated heterocycles. The molecule has 0 unspecified atom stereocenters. The molecular formula is C16H22N2O2S. The van der Waals surface area contributed by atoms with Gasteiger partial charge in [0.1, 0.15) is 0 Å². The average Bonchev–Trinajstić information content (AvgIpc) is 2.98. The molecule has 1 saturated carbocycles. The maximum absolute atomic E-state index is 11.9. The Labute approximate surface area is 129 Å². The summed E-state index contributed by atoms with van der Waals surface area (Å²) in [5, 5.41) is 7.62. The van der Waals surface area contributed by atoms with Crippen molar-refractivity contribution in [3.8, 4) is 0 Å². The molecule has 2 rings (SSSR count).